The fraction of sp³-hybridized carbons (Fsp3) is 0.636. The van der Waals surface area contributed by atoms with Gasteiger partial charge in [0.2, 0.25) is 0 Å². The van der Waals surface area contributed by atoms with Gasteiger partial charge in [0.1, 0.15) is 0 Å². The molecule has 0 aromatic carbocycles. The van der Waals surface area contributed by atoms with Crippen LogP contribution < -0.4 is 0 Å². The molecule has 0 heterocycles. The molecule has 0 saturated carbocycles. The fourth-order valence-corrected chi connectivity index (χ4v) is 11.3. The van der Waals surface area contributed by atoms with Crippen LogP contribution in [0.3, 0.4) is 0 Å². The molecule has 0 bridgehead atoms. The Morgan fingerprint density at radius 3 is 1.71 bits per heavy atom. The fourth-order valence-electron chi connectivity index (χ4n) is 1.93. The summed E-state index contributed by atoms with van der Waals surface area (Å²) in [5.41, 5.74) is 0. The molecule has 14 heavy (non-hydrogen) atoms. The molecule has 0 unspecified atom stereocenters. The van der Waals surface area contributed by atoms with Gasteiger partial charge in [0.25, 0.3) is 0 Å². The summed E-state index contributed by atoms with van der Waals surface area (Å²) in [6.07, 6.45) is 3.81. The van der Waals surface area contributed by atoms with Gasteiger partial charge >= 0.3 is 106 Å². The van der Waals surface area contributed by atoms with Gasteiger partial charge in [0, 0.05) is 0 Å². The van der Waals surface area contributed by atoms with Crippen LogP contribution in [0.5, 0.6) is 0 Å². The Balaban J connectivity index is 3.05. The van der Waals surface area contributed by atoms with Gasteiger partial charge in [-0.1, -0.05) is 0 Å². The predicted octanol–water partition coefficient (Wildman–Crippen LogP) is 3.87. The van der Waals surface area contributed by atoms with Gasteiger partial charge in [-0.25, -0.2) is 0 Å². The molecule has 1 aliphatic carbocycles. The molecule has 0 aromatic heterocycles. The molecule has 0 amide bonds. The Labute approximate surface area is 106 Å². The van der Waals surface area contributed by atoms with Crippen molar-refractivity contribution in [1.29, 1.82) is 0 Å². The minimum atomic E-state index is -1.06. The molecular formula is C11H21Si2Zr. The van der Waals surface area contributed by atoms with Gasteiger partial charge in [-0.05, 0) is 0 Å². The summed E-state index contributed by atoms with van der Waals surface area (Å²) in [5.74, 6) is 0. The number of rotatable bonds is 2. The third-order valence-electron chi connectivity index (χ3n) is 2.79. The van der Waals surface area contributed by atoms with E-state index in [1.54, 1.807) is 33.2 Å². The zero-order valence-electron chi connectivity index (χ0n) is 10.3. The third-order valence-corrected chi connectivity index (χ3v) is 9.76. The van der Waals surface area contributed by atoms with Crippen LogP contribution in [0.4, 0.5) is 0 Å². The Kier molecular flexibility index (Phi) is 3.67. The van der Waals surface area contributed by atoms with Crippen molar-refractivity contribution in [3.8, 4) is 0 Å². The summed E-state index contributed by atoms with van der Waals surface area (Å²) in [4.78, 5) is 0. The zero-order chi connectivity index (χ0) is 11.1. The molecule has 0 atom stereocenters. The quantitative estimate of drug-likeness (QED) is 0.679. The predicted molar refractivity (Wildman–Crippen MR) is 66.4 cm³/mol. The van der Waals surface area contributed by atoms with Crippen LogP contribution in [0.25, 0.3) is 0 Å². The standard InChI is InChI=1S/C11H21Si2.Zr/c1-12(2,3)10-7-8-11(9-10)13(4,5)6;/h7H,8H2,1-6H3;. The van der Waals surface area contributed by atoms with E-state index in [1.807, 2.05) is 5.20 Å². The first-order valence-corrected chi connectivity index (χ1v) is 13.5. The molecule has 1 rings (SSSR count). The van der Waals surface area contributed by atoms with Crippen molar-refractivity contribution in [1.82, 2.24) is 0 Å². The number of allylic oxidation sites excluding steroid dienone is 4. The van der Waals surface area contributed by atoms with Crippen molar-refractivity contribution < 1.29 is 24.7 Å². The second-order valence-corrected chi connectivity index (χ2v) is 17.5. The van der Waals surface area contributed by atoms with Crippen molar-refractivity contribution in [3.63, 3.8) is 0 Å². The van der Waals surface area contributed by atoms with E-state index in [9.17, 15) is 0 Å². The molecule has 3 heteroatoms. The van der Waals surface area contributed by atoms with Crippen LogP contribution in [-0.4, -0.2) is 16.1 Å². The second-order valence-electron chi connectivity index (χ2n) is 6.18. The van der Waals surface area contributed by atoms with E-state index in [4.69, 9.17) is 0 Å². The minimum absolute atomic E-state index is 1.04. The first kappa shape index (κ1) is 12.9. The molecule has 0 radical (unpaired) electrons. The Bertz CT molecular complexity index is 283. The molecule has 0 aromatic rings. The Morgan fingerprint density at radius 2 is 1.50 bits per heavy atom. The normalized spacial score (nSPS) is 18.8. The van der Waals surface area contributed by atoms with Gasteiger partial charge in [-0.3, -0.25) is 0 Å². The summed E-state index contributed by atoms with van der Waals surface area (Å²) in [6.45, 7) is 14.8. The van der Waals surface area contributed by atoms with Gasteiger partial charge in [-0.15, -0.1) is 0 Å². The van der Waals surface area contributed by atoms with Crippen molar-refractivity contribution >= 4 is 16.1 Å². The van der Waals surface area contributed by atoms with Crippen molar-refractivity contribution in [3.05, 3.63) is 19.7 Å². The summed E-state index contributed by atoms with van der Waals surface area (Å²) in [7, 11) is -2.10. The average molecular weight is 301 g/mol. The second kappa shape index (κ2) is 3.99. The monoisotopic (exact) mass is 299 g/mol. The zero-order valence-corrected chi connectivity index (χ0v) is 14.7. The maximum absolute atomic E-state index is 2.53. The van der Waals surface area contributed by atoms with Crippen LogP contribution in [0.1, 0.15) is 6.42 Å². The van der Waals surface area contributed by atoms with E-state index in [-0.39, 0.29) is 0 Å². The van der Waals surface area contributed by atoms with Crippen LogP contribution in [-0.2, 0) is 24.7 Å². The number of hydrogen-bond donors (Lipinski definition) is 0. The summed E-state index contributed by atoms with van der Waals surface area (Å²) < 4.78 is 1.75. The van der Waals surface area contributed by atoms with E-state index in [0.717, 1.165) is 0 Å². The van der Waals surface area contributed by atoms with E-state index in [2.05, 4.69) is 45.4 Å². The first-order valence-electron chi connectivity index (χ1n) is 5.30. The van der Waals surface area contributed by atoms with E-state index in [0.29, 0.717) is 0 Å². The molecule has 0 nitrogen and oxygen atoms in total. The van der Waals surface area contributed by atoms with Gasteiger partial charge in [-0.2, -0.15) is 0 Å². The summed E-state index contributed by atoms with van der Waals surface area (Å²) >= 11 is 1.65. The molecule has 0 N–H and O–H groups in total. The summed E-state index contributed by atoms with van der Waals surface area (Å²) in [6, 6.07) is 0. The van der Waals surface area contributed by atoms with E-state index >= 15 is 0 Å². The first-order chi connectivity index (χ1) is 6.14. The molecule has 1 aliphatic rings. The molecule has 0 spiro atoms. The van der Waals surface area contributed by atoms with Gasteiger partial charge in [0.15, 0.2) is 0 Å². The Hall–Kier alpha value is 0.797. The molecule has 0 fully saturated rings. The molecule has 0 aliphatic heterocycles. The van der Waals surface area contributed by atoms with Crippen molar-refractivity contribution in [2.45, 2.75) is 45.7 Å². The van der Waals surface area contributed by atoms with Crippen molar-refractivity contribution in [2.24, 2.45) is 0 Å². The van der Waals surface area contributed by atoms with E-state index < -0.39 is 16.1 Å². The van der Waals surface area contributed by atoms with Crippen LogP contribution >= 0.6 is 0 Å². The Morgan fingerprint density at radius 1 is 1.00 bits per heavy atom. The average Bonchev–Trinajstić information content (AvgIpc) is 2.26. The van der Waals surface area contributed by atoms with E-state index in [1.165, 1.54) is 6.42 Å². The van der Waals surface area contributed by atoms with Crippen molar-refractivity contribution in [2.75, 3.05) is 0 Å². The van der Waals surface area contributed by atoms with Gasteiger partial charge in [0.05, 0.1) is 0 Å². The van der Waals surface area contributed by atoms with Crippen LogP contribution in [0.2, 0.25) is 39.3 Å². The molecular weight excluding hydrogens is 280 g/mol. The summed E-state index contributed by atoms with van der Waals surface area (Å²) in [5, 5.41) is 3.58. The van der Waals surface area contributed by atoms with Gasteiger partial charge < -0.3 is 0 Å². The third kappa shape index (κ3) is 2.68. The molecule has 77 valence electrons. The molecule has 0 saturated heterocycles. The topological polar surface area (TPSA) is 0 Å². The van der Waals surface area contributed by atoms with Crippen LogP contribution in [0.15, 0.2) is 19.7 Å². The maximum atomic E-state index is 2.53. The number of hydrogen-bond acceptors (Lipinski definition) is 0. The van der Waals surface area contributed by atoms with Crippen LogP contribution in [0, 0.1) is 0 Å². The SMILES string of the molecule is C[Si](C)(C)C1=CCC([Si](C)(C)C)=[C]1[Zr].